The molecule has 0 aliphatic carbocycles. The molecule has 0 bridgehead atoms. The van der Waals surface area contributed by atoms with E-state index in [1.54, 1.807) is 24.3 Å². The Morgan fingerprint density at radius 1 is 1.32 bits per heavy atom. The fourth-order valence-electron chi connectivity index (χ4n) is 1.36. The second-order valence-corrected chi connectivity index (χ2v) is 4.36. The molecule has 0 fully saturated rings. The van der Waals surface area contributed by atoms with E-state index < -0.39 is 0 Å². The minimum absolute atomic E-state index is 0.0490. The summed E-state index contributed by atoms with van der Waals surface area (Å²) in [6.07, 6.45) is 0. The average Bonchev–Trinajstić information content (AvgIpc) is 2.33. The van der Waals surface area contributed by atoms with Crippen LogP contribution in [0.4, 0.5) is 5.69 Å². The molecular weight excluding hydrogens is 246 g/mol. The number of ether oxygens (including phenoxy) is 1. The van der Waals surface area contributed by atoms with E-state index in [1.807, 2.05) is 13.8 Å². The molecule has 0 radical (unpaired) electrons. The van der Waals surface area contributed by atoms with Crippen LogP contribution in [0.5, 0.6) is 5.75 Å². The fourth-order valence-corrected chi connectivity index (χ4v) is 1.36. The Bertz CT molecular complexity index is 447. The highest BCUT2D eigenvalue weighted by molar-refractivity contribution is 5.85. The monoisotopic (exact) mass is 265 g/mol. The van der Waals surface area contributed by atoms with Crippen LogP contribution in [-0.2, 0) is 9.59 Å². The first-order chi connectivity index (χ1) is 8.97. The minimum atomic E-state index is -0.360. The summed E-state index contributed by atoms with van der Waals surface area (Å²) >= 11 is 0. The predicted octanol–water partition coefficient (Wildman–Crippen LogP) is 0.288. The van der Waals surface area contributed by atoms with Crippen molar-refractivity contribution in [3.8, 4) is 5.75 Å². The van der Waals surface area contributed by atoms with E-state index in [1.165, 1.54) is 0 Å². The molecule has 6 heteroatoms. The molecule has 0 heterocycles. The maximum Gasteiger partial charge on any atom is 0.258 e. The summed E-state index contributed by atoms with van der Waals surface area (Å²) in [7, 11) is 0. The van der Waals surface area contributed by atoms with E-state index >= 15 is 0 Å². The van der Waals surface area contributed by atoms with Crippen LogP contribution in [0.1, 0.15) is 13.8 Å². The summed E-state index contributed by atoms with van der Waals surface area (Å²) in [5.74, 6) is -0.0737. The average molecular weight is 265 g/mol. The van der Waals surface area contributed by atoms with Crippen LogP contribution in [-0.4, -0.2) is 31.0 Å². The minimum Gasteiger partial charge on any atom is -0.484 e. The van der Waals surface area contributed by atoms with Crippen molar-refractivity contribution in [1.82, 2.24) is 10.6 Å². The van der Waals surface area contributed by atoms with Gasteiger partial charge < -0.3 is 21.1 Å². The molecule has 2 amide bonds. The van der Waals surface area contributed by atoms with Crippen LogP contribution in [0.3, 0.4) is 0 Å². The van der Waals surface area contributed by atoms with Gasteiger partial charge in [-0.05, 0) is 26.0 Å². The quantitative estimate of drug-likeness (QED) is 0.644. The van der Waals surface area contributed by atoms with Gasteiger partial charge in [-0.1, -0.05) is 6.07 Å². The number of hydrogen-bond donors (Lipinski definition) is 3. The number of benzene rings is 1. The molecule has 1 aromatic carbocycles. The van der Waals surface area contributed by atoms with Gasteiger partial charge in [0.1, 0.15) is 5.75 Å². The Balaban J connectivity index is 2.26. The molecule has 0 aliphatic heterocycles. The predicted molar refractivity (Wildman–Crippen MR) is 72.6 cm³/mol. The third-order valence-corrected chi connectivity index (χ3v) is 2.12. The Hall–Kier alpha value is -2.24. The van der Waals surface area contributed by atoms with Crippen molar-refractivity contribution in [2.24, 2.45) is 0 Å². The van der Waals surface area contributed by atoms with Gasteiger partial charge in [-0.3, -0.25) is 9.59 Å². The van der Waals surface area contributed by atoms with Gasteiger partial charge in [0.2, 0.25) is 5.91 Å². The maximum absolute atomic E-state index is 11.4. The Morgan fingerprint density at radius 2 is 2.05 bits per heavy atom. The molecule has 0 spiro atoms. The molecule has 0 aromatic heterocycles. The van der Waals surface area contributed by atoms with Gasteiger partial charge in [-0.2, -0.15) is 0 Å². The first-order valence-electron chi connectivity index (χ1n) is 6.02. The lowest BCUT2D eigenvalue weighted by atomic mass is 10.3. The number of nitrogens with one attached hydrogen (secondary N) is 2. The maximum atomic E-state index is 11.4. The Kier molecular flexibility index (Phi) is 5.66. The smallest absolute Gasteiger partial charge is 0.258 e. The summed E-state index contributed by atoms with van der Waals surface area (Å²) in [6, 6.07) is 6.84. The largest absolute Gasteiger partial charge is 0.484 e. The van der Waals surface area contributed by atoms with Crippen molar-refractivity contribution >= 4 is 17.5 Å². The van der Waals surface area contributed by atoms with Crippen LogP contribution in [0, 0.1) is 0 Å². The summed E-state index contributed by atoms with van der Waals surface area (Å²) in [6.45, 7) is 3.49. The van der Waals surface area contributed by atoms with Crippen molar-refractivity contribution < 1.29 is 14.3 Å². The SMILES string of the molecule is CC(C)NC(=O)CNC(=O)COc1cccc(N)c1. The van der Waals surface area contributed by atoms with Crippen molar-refractivity contribution in [2.75, 3.05) is 18.9 Å². The lowest BCUT2D eigenvalue weighted by molar-refractivity contribution is -0.127. The highest BCUT2D eigenvalue weighted by atomic mass is 16.5. The van der Waals surface area contributed by atoms with Gasteiger partial charge in [0.15, 0.2) is 6.61 Å². The molecule has 19 heavy (non-hydrogen) atoms. The second kappa shape index (κ2) is 7.25. The van der Waals surface area contributed by atoms with E-state index in [0.29, 0.717) is 11.4 Å². The van der Waals surface area contributed by atoms with Crippen LogP contribution >= 0.6 is 0 Å². The van der Waals surface area contributed by atoms with Crippen LogP contribution in [0.15, 0.2) is 24.3 Å². The molecule has 1 aromatic rings. The van der Waals surface area contributed by atoms with Gasteiger partial charge >= 0.3 is 0 Å². The Labute approximate surface area is 112 Å². The summed E-state index contributed by atoms with van der Waals surface area (Å²) in [5.41, 5.74) is 6.14. The molecule has 4 N–H and O–H groups in total. The molecule has 0 aliphatic rings. The Morgan fingerprint density at radius 3 is 2.68 bits per heavy atom. The van der Waals surface area contributed by atoms with Crippen molar-refractivity contribution in [2.45, 2.75) is 19.9 Å². The zero-order valence-electron chi connectivity index (χ0n) is 11.1. The number of hydrogen-bond acceptors (Lipinski definition) is 4. The zero-order valence-corrected chi connectivity index (χ0v) is 11.1. The molecular formula is C13H19N3O3. The molecule has 0 unspecified atom stereocenters. The normalized spacial score (nSPS) is 10.1. The molecule has 0 atom stereocenters. The van der Waals surface area contributed by atoms with E-state index in [9.17, 15) is 9.59 Å². The number of nitrogens with two attached hydrogens (primary N) is 1. The number of rotatable bonds is 6. The third kappa shape index (κ3) is 6.30. The van der Waals surface area contributed by atoms with Crippen LogP contribution in [0.25, 0.3) is 0 Å². The highest BCUT2D eigenvalue weighted by Crippen LogP contribution is 2.13. The summed E-state index contributed by atoms with van der Waals surface area (Å²) in [4.78, 5) is 22.7. The van der Waals surface area contributed by atoms with Gasteiger partial charge in [-0.25, -0.2) is 0 Å². The topological polar surface area (TPSA) is 93.5 Å². The number of anilines is 1. The second-order valence-electron chi connectivity index (χ2n) is 4.36. The van der Waals surface area contributed by atoms with Gasteiger partial charge in [0, 0.05) is 17.8 Å². The van der Waals surface area contributed by atoms with Crippen molar-refractivity contribution in [1.29, 1.82) is 0 Å². The van der Waals surface area contributed by atoms with Gasteiger partial charge in [0.05, 0.1) is 6.54 Å². The van der Waals surface area contributed by atoms with E-state index in [4.69, 9.17) is 10.5 Å². The van der Waals surface area contributed by atoms with E-state index in [0.717, 1.165) is 0 Å². The fraction of sp³-hybridized carbons (Fsp3) is 0.385. The first-order valence-corrected chi connectivity index (χ1v) is 6.02. The first kappa shape index (κ1) is 14.8. The molecule has 104 valence electrons. The molecule has 6 nitrogen and oxygen atoms in total. The zero-order chi connectivity index (χ0) is 14.3. The van der Waals surface area contributed by atoms with Gasteiger partial charge in [-0.15, -0.1) is 0 Å². The number of amides is 2. The highest BCUT2D eigenvalue weighted by Gasteiger charge is 2.07. The number of nitrogen functional groups attached to an aromatic ring is 1. The summed E-state index contributed by atoms with van der Waals surface area (Å²) < 4.78 is 5.24. The van der Waals surface area contributed by atoms with Gasteiger partial charge in [0.25, 0.3) is 5.91 Å². The molecule has 0 saturated heterocycles. The third-order valence-electron chi connectivity index (χ3n) is 2.12. The van der Waals surface area contributed by atoms with Crippen molar-refractivity contribution in [3.05, 3.63) is 24.3 Å². The molecule has 1 rings (SSSR count). The van der Waals surface area contributed by atoms with E-state index in [-0.39, 0.29) is 31.0 Å². The summed E-state index contributed by atoms with van der Waals surface area (Å²) in [5, 5.41) is 5.13. The lowest BCUT2D eigenvalue weighted by Crippen LogP contribution is -2.41. The van der Waals surface area contributed by atoms with E-state index in [2.05, 4.69) is 10.6 Å². The molecule has 0 saturated carbocycles. The van der Waals surface area contributed by atoms with Crippen LogP contribution in [0.2, 0.25) is 0 Å². The number of carbonyl (C=O) groups is 2. The standard InChI is InChI=1S/C13H19N3O3/c1-9(2)16-12(17)7-15-13(18)8-19-11-5-3-4-10(14)6-11/h3-6,9H,7-8,14H2,1-2H3,(H,15,18)(H,16,17). The van der Waals surface area contributed by atoms with Crippen molar-refractivity contribution in [3.63, 3.8) is 0 Å². The number of carbonyl (C=O) groups excluding carboxylic acids is 2. The lowest BCUT2D eigenvalue weighted by Gasteiger charge is -2.10. The van der Waals surface area contributed by atoms with Crippen LogP contribution < -0.4 is 21.1 Å².